The number of nitrogens with zero attached hydrogens (tertiary/aromatic N) is 3. The van der Waals surface area contributed by atoms with Crippen LogP contribution in [0.3, 0.4) is 0 Å². The minimum atomic E-state index is -0.332. The van der Waals surface area contributed by atoms with Gasteiger partial charge in [-0.1, -0.05) is 55.2 Å². The summed E-state index contributed by atoms with van der Waals surface area (Å²) in [4.78, 5) is 32.4. The van der Waals surface area contributed by atoms with Gasteiger partial charge in [0.05, 0.1) is 11.8 Å². The number of carbonyl (C=O) groups is 2. The smallest absolute Gasteiger partial charge is 0.246 e. The van der Waals surface area contributed by atoms with Crippen molar-refractivity contribution < 1.29 is 14.3 Å². The van der Waals surface area contributed by atoms with Crippen molar-refractivity contribution in [1.82, 2.24) is 14.5 Å². The number of benzene rings is 2. The molecule has 1 fully saturated rings. The van der Waals surface area contributed by atoms with Crippen molar-refractivity contribution in [1.29, 1.82) is 0 Å². The molecule has 1 unspecified atom stereocenters. The molecule has 4 rings (SSSR count). The monoisotopic (exact) mass is 528 g/mol. The summed E-state index contributed by atoms with van der Waals surface area (Å²) in [6.07, 6.45) is 4.01. The molecule has 0 aliphatic carbocycles. The third-order valence-corrected chi connectivity index (χ3v) is 6.39. The third-order valence-electron chi connectivity index (χ3n) is 5.90. The van der Waals surface area contributed by atoms with Crippen LogP contribution in [0.4, 0.5) is 5.95 Å². The summed E-state index contributed by atoms with van der Waals surface area (Å²) in [5, 5.41) is 4.09. The Bertz CT molecular complexity index is 1200. The molecule has 2 amide bonds. The fraction of sp³-hybridized carbons (Fsp3) is 0.370. The number of halogens is 2. The van der Waals surface area contributed by atoms with Gasteiger partial charge in [0.2, 0.25) is 17.8 Å². The first kappa shape index (κ1) is 26.2. The lowest BCUT2D eigenvalue weighted by Gasteiger charge is -2.25. The molecular formula is C27H30Cl2N4O3. The van der Waals surface area contributed by atoms with Crippen LogP contribution in [0, 0.1) is 5.92 Å². The quantitative estimate of drug-likeness (QED) is 0.378. The lowest BCUT2D eigenvalue weighted by molar-refractivity contribution is -0.136. The maximum Gasteiger partial charge on any atom is 0.246 e. The Morgan fingerprint density at radius 2 is 1.94 bits per heavy atom. The third kappa shape index (κ3) is 6.87. The summed E-state index contributed by atoms with van der Waals surface area (Å²) in [6.45, 7) is 4.99. The first-order valence-electron chi connectivity index (χ1n) is 12.1. The molecule has 190 valence electrons. The Balaban J connectivity index is 1.58. The highest BCUT2D eigenvalue weighted by Crippen LogP contribution is 2.27. The van der Waals surface area contributed by atoms with Crippen molar-refractivity contribution in [2.75, 3.05) is 25.0 Å². The Hall–Kier alpha value is -2.87. The van der Waals surface area contributed by atoms with Gasteiger partial charge in [-0.3, -0.25) is 19.5 Å². The van der Waals surface area contributed by atoms with Gasteiger partial charge in [0.15, 0.2) is 0 Å². The summed E-state index contributed by atoms with van der Waals surface area (Å²) < 4.78 is 7.50. The van der Waals surface area contributed by atoms with Crippen LogP contribution in [-0.2, 0) is 14.3 Å². The van der Waals surface area contributed by atoms with Crippen molar-refractivity contribution in [3.8, 4) is 16.9 Å². The molecule has 0 spiro atoms. The van der Waals surface area contributed by atoms with Gasteiger partial charge in [-0.15, -0.1) is 0 Å². The van der Waals surface area contributed by atoms with Gasteiger partial charge in [0, 0.05) is 47.1 Å². The molecule has 1 aliphatic rings. The number of anilines is 1. The summed E-state index contributed by atoms with van der Waals surface area (Å²) >= 11 is 12.3. The van der Waals surface area contributed by atoms with Gasteiger partial charge in [-0.05, 0) is 49.1 Å². The first-order valence-corrected chi connectivity index (χ1v) is 12.8. The highest BCUT2D eigenvalue weighted by Gasteiger charge is 2.25. The minimum Gasteiger partial charge on any atom is -0.376 e. The molecular weight excluding hydrogens is 499 g/mol. The zero-order valence-corrected chi connectivity index (χ0v) is 21.9. The van der Waals surface area contributed by atoms with E-state index in [1.807, 2.05) is 44.3 Å². The molecule has 7 nitrogen and oxygen atoms in total. The van der Waals surface area contributed by atoms with Gasteiger partial charge in [0.1, 0.15) is 6.54 Å². The Morgan fingerprint density at radius 1 is 1.17 bits per heavy atom. The van der Waals surface area contributed by atoms with Crippen molar-refractivity contribution in [2.45, 2.75) is 39.2 Å². The van der Waals surface area contributed by atoms with E-state index in [1.54, 1.807) is 33.7 Å². The average Bonchev–Trinajstić information content (AvgIpc) is 3.49. The highest BCUT2D eigenvalue weighted by molar-refractivity contribution is 6.31. The van der Waals surface area contributed by atoms with E-state index in [0.29, 0.717) is 41.3 Å². The largest absolute Gasteiger partial charge is 0.376 e. The molecule has 1 N–H and O–H groups in total. The first-order chi connectivity index (χ1) is 17.3. The van der Waals surface area contributed by atoms with Gasteiger partial charge < -0.3 is 9.64 Å². The minimum absolute atomic E-state index is 0.0427. The maximum atomic E-state index is 13.2. The zero-order valence-electron chi connectivity index (χ0n) is 20.4. The van der Waals surface area contributed by atoms with Crippen molar-refractivity contribution in [3.05, 3.63) is 64.8 Å². The molecule has 1 aromatic heterocycles. The molecule has 36 heavy (non-hydrogen) atoms. The number of amides is 2. The van der Waals surface area contributed by atoms with E-state index in [4.69, 9.17) is 27.9 Å². The summed E-state index contributed by atoms with van der Waals surface area (Å²) in [5.41, 5.74) is 2.26. The topological polar surface area (TPSA) is 76.5 Å². The normalized spacial score (nSPS) is 15.3. The Morgan fingerprint density at radius 3 is 2.61 bits per heavy atom. The number of hydrogen-bond acceptors (Lipinski definition) is 4. The molecule has 1 atom stereocenters. The second-order valence-corrected chi connectivity index (χ2v) is 10.2. The van der Waals surface area contributed by atoms with Gasteiger partial charge in [0.25, 0.3) is 0 Å². The van der Waals surface area contributed by atoms with Crippen LogP contribution in [0.15, 0.2) is 54.7 Å². The van der Waals surface area contributed by atoms with Crippen LogP contribution in [-0.4, -0.2) is 52.1 Å². The lowest BCUT2D eigenvalue weighted by Crippen LogP contribution is -2.42. The fourth-order valence-electron chi connectivity index (χ4n) is 4.16. The van der Waals surface area contributed by atoms with Crippen LogP contribution in [0.5, 0.6) is 0 Å². The van der Waals surface area contributed by atoms with E-state index in [9.17, 15) is 9.59 Å². The average molecular weight is 529 g/mol. The predicted octanol–water partition coefficient (Wildman–Crippen LogP) is 5.84. The molecule has 1 saturated heterocycles. The summed E-state index contributed by atoms with van der Waals surface area (Å²) in [7, 11) is 0. The van der Waals surface area contributed by atoms with E-state index in [-0.39, 0.29) is 30.4 Å². The summed E-state index contributed by atoms with van der Waals surface area (Å²) in [6, 6.07) is 14.6. The number of aromatic nitrogens is 2. The molecule has 0 bridgehead atoms. The van der Waals surface area contributed by atoms with Gasteiger partial charge in [-0.25, -0.2) is 4.98 Å². The number of rotatable bonds is 9. The molecule has 0 radical (unpaired) electrons. The van der Waals surface area contributed by atoms with Crippen LogP contribution in [0.25, 0.3) is 16.9 Å². The maximum absolute atomic E-state index is 13.2. The number of nitrogens with one attached hydrogen (secondary N) is 1. The molecule has 9 heteroatoms. The summed E-state index contributed by atoms with van der Waals surface area (Å²) in [5.74, 6) is 0.133. The predicted molar refractivity (Wildman–Crippen MR) is 143 cm³/mol. The highest BCUT2D eigenvalue weighted by atomic mass is 35.5. The Labute approximate surface area is 221 Å². The van der Waals surface area contributed by atoms with Crippen LogP contribution >= 0.6 is 23.2 Å². The molecule has 3 aromatic rings. The number of hydrogen-bond donors (Lipinski definition) is 1. The van der Waals surface area contributed by atoms with E-state index < -0.39 is 0 Å². The molecule has 2 aromatic carbocycles. The zero-order chi connectivity index (χ0) is 25.7. The number of ether oxygens (including phenoxy) is 1. The molecule has 1 aliphatic heterocycles. The number of carbonyl (C=O) groups excluding carboxylic acids is 2. The van der Waals surface area contributed by atoms with Crippen molar-refractivity contribution in [3.63, 3.8) is 0 Å². The second kappa shape index (κ2) is 11.9. The van der Waals surface area contributed by atoms with E-state index in [0.717, 1.165) is 24.1 Å². The molecule has 0 saturated carbocycles. The lowest BCUT2D eigenvalue weighted by atomic mass is 10.1. The van der Waals surface area contributed by atoms with Crippen molar-refractivity contribution >= 4 is 41.0 Å². The fourth-order valence-corrected chi connectivity index (χ4v) is 4.47. The SMILES string of the molecule is CC(C)CC(=O)N(CC(=O)Nc1nc(-c2ccc(Cl)cc2)cn1-c1cccc(Cl)c1)CC1CCCO1. The number of imidazole rings is 1. The van der Waals surface area contributed by atoms with E-state index >= 15 is 0 Å². The van der Waals surface area contributed by atoms with Crippen molar-refractivity contribution in [2.24, 2.45) is 5.92 Å². The standard InChI is InChI=1S/C27H30Cl2N4O3/c1-18(2)13-26(35)32(15-23-7-4-12-36-23)17-25(34)31-27-30-24(19-8-10-20(28)11-9-19)16-33(27)22-6-3-5-21(29)14-22/h3,5-6,8-11,14,16,18,23H,4,7,12-13,15,17H2,1-2H3,(H,30,31,34). The Kier molecular flexibility index (Phi) is 8.67. The van der Waals surface area contributed by atoms with Crippen LogP contribution in [0.2, 0.25) is 10.0 Å². The van der Waals surface area contributed by atoms with E-state index in [2.05, 4.69) is 10.3 Å². The van der Waals surface area contributed by atoms with E-state index in [1.165, 1.54) is 0 Å². The van der Waals surface area contributed by atoms with Gasteiger partial charge in [-0.2, -0.15) is 0 Å². The van der Waals surface area contributed by atoms with Crippen LogP contribution in [0.1, 0.15) is 33.1 Å². The van der Waals surface area contributed by atoms with Gasteiger partial charge >= 0.3 is 0 Å². The molecule has 2 heterocycles. The van der Waals surface area contributed by atoms with Crippen LogP contribution < -0.4 is 5.32 Å². The second-order valence-electron chi connectivity index (χ2n) is 9.36.